The predicted octanol–water partition coefficient (Wildman–Crippen LogP) is 4.99. The van der Waals surface area contributed by atoms with Crippen LogP contribution in [0.15, 0.2) is 72.8 Å². The summed E-state index contributed by atoms with van der Waals surface area (Å²) in [7, 11) is 0. The van der Waals surface area contributed by atoms with Crippen molar-refractivity contribution in [3.8, 4) is 0 Å². The molecule has 1 atom stereocenters. The minimum absolute atomic E-state index is 0.0117. The summed E-state index contributed by atoms with van der Waals surface area (Å²) in [5.41, 5.74) is 11.5. The number of nitrogens with two attached hydrogens (primary N) is 1. The number of nitrogens with zero attached hydrogens (tertiary/aromatic N) is 1. The average molecular weight is 411 g/mol. The quantitative estimate of drug-likeness (QED) is 0.622. The highest BCUT2D eigenvalue weighted by Crippen LogP contribution is 2.44. The van der Waals surface area contributed by atoms with Gasteiger partial charge in [-0.3, -0.25) is 9.59 Å². The first-order valence-corrected chi connectivity index (χ1v) is 11.0. The number of rotatable bonds is 6. The van der Waals surface area contributed by atoms with E-state index in [1.807, 2.05) is 47.4 Å². The van der Waals surface area contributed by atoms with Gasteiger partial charge in [-0.05, 0) is 72.1 Å². The number of hydrogen-bond donors (Lipinski definition) is 1. The Morgan fingerprint density at radius 3 is 2.39 bits per heavy atom. The molecule has 2 aliphatic carbocycles. The van der Waals surface area contributed by atoms with Crippen molar-refractivity contribution in [2.75, 3.05) is 0 Å². The van der Waals surface area contributed by atoms with Gasteiger partial charge in [0.05, 0.1) is 6.04 Å². The third kappa shape index (κ3) is 3.86. The molecule has 3 aromatic rings. The molecule has 1 fully saturated rings. The smallest absolute Gasteiger partial charge is 0.254 e. The van der Waals surface area contributed by atoms with Crippen molar-refractivity contribution >= 4 is 11.8 Å². The number of aryl methyl sites for hydroxylation is 1. The molecule has 2 aliphatic rings. The van der Waals surface area contributed by atoms with Gasteiger partial charge in [-0.25, -0.2) is 0 Å². The van der Waals surface area contributed by atoms with Crippen LogP contribution in [0.25, 0.3) is 0 Å². The number of carbonyl (C=O) groups is 2. The Hall–Kier alpha value is -3.40. The van der Waals surface area contributed by atoms with Crippen molar-refractivity contribution in [1.29, 1.82) is 0 Å². The van der Waals surface area contributed by atoms with E-state index in [4.69, 9.17) is 5.73 Å². The molecule has 4 nitrogen and oxygen atoms in total. The maximum Gasteiger partial charge on any atom is 0.254 e. The van der Waals surface area contributed by atoms with Crippen molar-refractivity contribution in [2.45, 2.75) is 44.2 Å². The van der Waals surface area contributed by atoms with E-state index in [0.717, 1.165) is 18.4 Å². The highest BCUT2D eigenvalue weighted by molar-refractivity contribution is 5.96. The monoisotopic (exact) mass is 410 g/mol. The predicted molar refractivity (Wildman–Crippen MR) is 121 cm³/mol. The fraction of sp³-hybridized carbons (Fsp3) is 0.259. The second-order valence-electron chi connectivity index (χ2n) is 8.61. The Labute approximate surface area is 182 Å². The van der Waals surface area contributed by atoms with E-state index in [-0.39, 0.29) is 11.9 Å². The van der Waals surface area contributed by atoms with Gasteiger partial charge in [-0.15, -0.1) is 0 Å². The number of hydrogen-bond acceptors (Lipinski definition) is 2. The molecule has 0 aromatic heterocycles. The van der Waals surface area contributed by atoms with E-state index >= 15 is 0 Å². The lowest BCUT2D eigenvalue weighted by atomic mass is 9.99. The molecule has 3 aromatic carbocycles. The Kier molecular flexibility index (Phi) is 5.06. The minimum Gasteiger partial charge on any atom is -0.366 e. The van der Waals surface area contributed by atoms with Crippen LogP contribution in [0.4, 0.5) is 0 Å². The van der Waals surface area contributed by atoms with Gasteiger partial charge in [-0.1, -0.05) is 54.6 Å². The number of carbonyl (C=O) groups excluding carboxylic acids is 2. The zero-order valence-corrected chi connectivity index (χ0v) is 17.5. The largest absolute Gasteiger partial charge is 0.366 e. The highest BCUT2D eigenvalue weighted by Gasteiger charge is 2.34. The average Bonchev–Trinajstić information content (AvgIpc) is 3.57. The fourth-order valence-corrected chi connectivity index (χ4v) is 4.75. The van der Waals surface area contributed by atoms with E-state index in [2.05, 4.69) is 18.2 Å². The molecule has 31 heavy (non-hydrogen) atoms. The molecule has 0 saturated heterocycles. The van der Waals surface area contributed by atoms with Crippen LogP contribution < -0.4 is 5.73 Å². The van der Waals surface area contributed by atoms with E-state index in [0.29, 0.717) is 23.6 Å². The molecule has 156 valence electrons. The van der Waals surface area contributed by atoms with Gasteiger partial charge < -0.3 is 10.6 Å². The summed E-state index contributed by atoms with van der Waals surface area (Å²) in [6, 6.07) is 23.5. The van der Waals surface area contributed by atoms with Gasteiger partial charge in [0.2, 0.25) is 5.91 Å². The second kappa shape index (κ2) is 8.03. The molecule has 0 aliphatic heterocycles. The Morgan fingerprint density at radius 2 is 1.65 bits per heavy atom. The molecule has 5 rings (SSSR count). The highest BCUT2D eigenvalue weighted by atomic mass is 16.2. The molecular weight excluding hydrogens is 384 g/mol. The Morgan fingerprint density at radius 1 is 0.903 bits per heavy atom. The van der Waals surface area contributed by atoms with E-state index in [1.54, 1.807) is 12.1 Å². The van der Waals surface area contributed by atoms with Crippen LogP contribution >= 0.6 is 0 Å². The summed E-state index contributed by atoms with van der Waals surface area (Å²) < 4.78 is 0. The first-order valence-electron chi connectivity index (χ1n) is 11.0. The molecule has 2 N–H and O–H groups in total. The standard InChI is InChI=1S/C27H26N2O2/c28-26(30)23-9-5-4-8-22(23)17-29(27(31)20-6-2-1-3-7-20)25-15-14-19-12-13-21(16-24(19)25)18-10-11-18/h1-9,12-13,16,18,25H,10-11,14-15,17H2,(H2,28,30)/t25-/m1/s1. The zero-order valence-electron chi connectivity index (χ0n) is 17.5. The van der Waals surface area contributed by atoms with Gasteiger partial charge in [0.25, 0.3) is 5.91 Å². The molecule has 0 heterocycles. The Balaban J connectivity index is 1.55. The number of fused-ring (bicyclic) bond motifs is 1. The minimum atomic E-state index is -0.467. The summed E-state index contributed by atoms with van der Waals surface area (Å²) >= 11 is 0. The van der Waals surface area contributed by atoms with Crippen molar-refractivity contribution in [1.82, 2.24) is 4.90 Å². The summed E-state index contributed by atoms with van der Waals surface area (Å²) in [5, 5.41) is 0. The summed E-state index contributed by atoms with van der Waals surface area (Å²) in [6.45, 7) is 0.352. The third-order valence-corrected chi connectivity index (χ3v) is 6.55. The maximum atomic E-state index is 13.7. The van der Waals surface area contributed by atoms with E-state index < -0.39 is 5.91 Å². The molecular formula is C27H26N2O2. The van der Waals surface area contributed by atoms with E-state index in [1.165, 1.54) is 29.5 Å². The lowest BCUT2D eigenvalue weighted by Gasteiger charge is -2.31. The lowest BCUT2D eigenvalue weighted by molar-refractivity contribution is 0.0656. The van der Waals surface area contributed by atoms with Crippen LogP contribution in [0, 0.1) is 0 Å². The van der Waals surface area contributed by atoms with Crippen molar-refractivity contribution < 1.29 is 9.59 Å². The van der Waals surface area contributed by atoms with E-state index in [9.17, 15) is 9.59 Å². The van der Waals surface area contributed by atoms with Gasteiger partial charge in [-0.2, -0.15) is 0 Å². The summed E-state index contributed by atoms with van der Waals surface area (Å²) in [6.07, 6.45) is 4.35. The van der Waals surface area contributed by atoms with Crippen LogP contribution in [0.1, 0.15) is 74.2 Å². The topological polar surface area (TPSA) is 63.4 Å². The second-order valence-corrected chi connectivity index (χ2v) is 8.61. The van der Waals surface area contributed by atoms with Crippen LogP contribution in [0.2, 0.25) is 0 Å². The number of amides is 2. The summed E-state index contributed by atoms with van der Waals surface area (Å²) in [5.74, 6) is 0.181. The van der Waals surface area contributed by atoms with Crippen LogP contribution in [0.5, 0.6) is 0 Å². The number of benzene rings is 3. The SMILES string of the molecule is NC(=O)c1ccccc1CN(C(=O)c1ccccc1)[C@@H]1CCc2ccc(C3CC3)cc21. The molecule has 0 unspecified atom stereocenters. The number of primary amides is 1. The molecule has 1 saturated carbocycles. The van der Waals surface area contributed by atoms with Crippen LogP contribution in [0.3, 0.4) is 0 Å². The first kappa shape index (κ1) is 19.6. The molecule has 4 heteroatoms. The Bertz CT molecular complexity index is 1130. The van der Waals surface area contributed by atoms with Crippen molar-refractivity contribution in [3.63, 3.8) is 0 Å². The van der Waals surface area contributed by atoms with Crippen molar-refractivity contribution in [3.05, 3.63) is 106 Å². The van der Waals surface area contributed by atoms with Crippen LogP contribution in [-0.2, 0) is 13.0 Å². The van der Waals surface area contributed by atoms with Gasteiger partial charge in [0.15, 0.2) is 0 Å². The molecule has 0 bridgehead atoms. The maximum absolute atomic E-state index is 13.7. The molecule has 0 radical (unpaired) electrons. The van der Waals surface area contributed by atoms with Gasteiger partial charge in [0, 0.05) is 17.7 Å². The van der Waals surface area contributed by atoms with Gasteiger partial charge in [0.1, 0.15) is 0 Å². The normalized spacial score (nSPS) is 17.2. The molecule has 0 spiro atoms. The molecule has 2 amide bonds. The fourth-order valence-electron chi connectivity index (χ4n) is 4.75. The van der Waals surface area contributed by atoms with Crippen LogP contribution in [-0.4, -0.2) is 16.7 Å². The first-order chi connectivity index (χ1) is 15.1. The zero-order chi connectivity index (χ0) is 21.4. The van der Waals surface area contributed by atoms with Crippen molar-refractivity contribution in [2.24, 2.45) is 5.73 Å². The summed E-state index contributed by atoms with van der Waals surface area (Å²) in [4.78, 5) is 27.6. The van der Waals surface area contributed by atoms with Gasteiger partial charge >= 0.3 is 0 Å². The third-order valence-electron chi connectivity index (χ3n) is 6.55. The lowest BCUT2D eigenvalue weighted by Crippen LogP contribution is -2.34.